The van der Waals surface area contributed by atoms with Gasteiger partial charge >= 0.3 is 0 Å². The molecule has 8 heteroatoms. The molecule has 2 heterocycles. The van der Waals surface area contributed by atoms with Gasteiger partial charge in [-0.25, -0.2) is 8.42 Å². The van der Waals surface area contributed by atoms with Gasteiger partial charge in [-0.3, -0.25) is 9.55 Å². The first-order valence-corrected chi connectivity index (χ1v) is 8.83. The largest absolute Gasteiger partial charge is 0.297 e. The van der Waals surface area contributed by atoms with Crippen LogP contribution in [0.5, 0.6) is 0 Å². The summed E-state index contributed by atoms with van der Waals surface area (Å²) in [5, 5.41) is 7.52. The van der Waals surface area contributed by atoms with Crippen molar-refractivity contribution < 1.29 is 8.42 Å². The Balaban J connectivity index is 2.66. The first-order chi connectivity index (χ1) is 9.70. The van der Waals surface area contributed by atoms with E-state index < -0.39 is 9.05 Å². The molecule has 0 spiro atoms. The number of aryl methyl sites for hydroxylation is 2. The van der Waals surface area contributed by atoms with Crippen LogP contribution < -0.4 is 0 Å². The van der Waals surface area contributed by atoms with E-state index in [9.17, 15) is 8.42 Å². The molecule has 0 aliphatic heterocycles. The smallest absolute Gasteiger partial charge is 0.296 e. The van der Waals surface area contributed by atoms with Gasteiger partial charge in [0.05, 0.1) is 0 Å². The molecule has 0 aliphatic carbocycles. The van der Waals surface area contributed by atoms with Crippen LogP contribution in [0.15, 0.2) is 17.3 Å². The highest BCUT2D eigenvalue weighted by Gasteiger charge is 2.24. The van der Waals surface area contributed by atoms with E-state index in [-0.39, 0.29) is 11.1 Å². The summed E-state index contributed by atoms with van der Waals surface area (Å²) >= 11 is 0. The molecule has 0 saturated heterocycles. The lowest BCUT2D eigenvalue weighted by molar-refractivity contribution is 0.488. The van der Waals surface area contributed by atoms with Crippen molar-refractivity contribution in [3.63, 3.8) is 0 Å². The highest BCUT2D eigenvalue weighted by molar-refractivity contribution is 8.13. The van der Waals surface area contributed by atoms with Crippen molar-refractivity contribution in [2.75, 3.05) is 0 Å². The van der Waals surface area contributed by atoms with Crippen LogP contribution >= 0.6 is 10.7 Å². The van der Waals surface area contributed by atoms with E-state index in [1.807, 2.05) is 39.8 Å². The Kier molecular flexibility index (Phi) is 4.34. The summed E-state index contributed by atoms with van der Waals surface area (Å²) in [6, 6.07) is 3.72. The molecule has 0 unspecified atom stereocenters. The van der Waals surface area contributed by atoms with Crippen molar-refractivity contribution in [2.45, 2.75) is 39.4 Å². The van der Waals surface area contributed by atoms with Gasteiger partial charge in [0.2, 0.25) is 0 Å². The van der Waals surface area contributed by atoms with E-state index in [1.54, 1.807) is 0 Å². The monoisotopic (exact) mass is 328 g/mol. The number of nitrogens with zero attached hydrogens (tertiary/aromatic N) is 4. The Morgan fingerprint density at radius 1 is 1.24 bits per heavy atom. The third-order valence-electron chi connectivity index (χ3n) is 2.95. The van der Waals surface area contributed by atoms with E-state index in [0.717, 1.165) is 17.0 Å². The second-order valence-electron chi connectivity index (χ2n) is 5.33. The van der Waals surface area contributed by atoms with Gasteiger partial charge in [0.25, 0.3) is 14.2 Å². The lowest BCUT2D eigenvalue weighted by atomic mass is 10.1. The molecule has 0 saturated carbocycles. The number of hydrogen-bond donors (Lipinski definition) is 0. The van der Waals surface area contributed by atoms with Gasteiger partial charge < -0.3 is 0 Å². The maximum Gasteiger partial charge on any atom is 0.296 e. The second-order valence-corrected chi connectivity index (χ2v) is 7.79. The molecule has 2 rings (SSSR count). The molecular weight excluding hydrogens is 312 g/mol. The summed E-state index contributed by atoms with van der Waals surface area (Å²) in [5.41, 5.74) is 2.41. The summed E-state index contributed by atoms with van der Waals surface area (Å²) in [5.74, 6) is 0.684. The van der Waals surface area contributed by atoms with E-state index in [4.69, 9.17) is 10.7 Å². The zero-order valence-electron chi connectivity index (χ0n) is 12.3. The predicted octanol–water partition coefficient (Wildman–Crippen LogP) is 2.54. The minimum Gasteiger partial charge on any atom is -0.297 e. The van der Waals surface area contributed by atoms with E-state index in [0.29, 0.717) is 12.4 Å². The Morgan fingerprint density at radius 2 is 1.90 bits per heavy atom. The Hall–Kier alpha value is -1.47. The third kappa shape index (κ3) is 3.41. The van der Waals surface area contributed by atoms with Crippen LogP contribution in [0.3, 0.4) is 0 Å². The maximum atomic E-state index is 11.6. The molecule has 0 aromatic carbocycles. The lowest BCUT2D eigenvalue weighted by Gasteiger charge is -2.12. The van der Waals surface area contributed by atoms with Gasteiger partial charge in [0.15, 0.2) is 5.82 Å². The van der Waals surface area contributed by atoms with Crippen LogP contribution in [0.2, 0.25) is 0 Å². The van der Waals surface area contributed by atoms with Gasteiger partial charge in [-0.05, 0) is 31.9 Å². The molecule has 0 radical (unpaired) electrons. The molecule has 0 bridgehead atoms. The number of hydrogen-bond acceptors (Lipinski definition) is 5. The molecule has 21 heavy (non-hydrogen) atoms. The van der Waals surface area contributed by atoms with Gasteiger partial charge in [-0.1, -0.05) is 13.8 Å². The molecular formula is C13H17ClN4O2S. The van der Waals surface area contributed by atoms with Crippen LogP contribution in [0.4, 0.5) is 0 Å². The minimum absolute atomic E-state index is 0.218. The molecule has 2 aromatic heterocycles. The van der Waals surface area contributed by atoms with Crippen LogP contribution in [0.25, 0.3) is 11.4 Å². The number of halogens is 1. The van der Waals surface area contributed by atoms with E-state index >= 15 is 0 Å². The van der Waals surface area contributed by atoms with Crippen molar-refractivity contribution in [2.24, 2.45) is 5.92 Å². The average Bonchev–Trinajstić information content (AvgIpc) is 2.71. The number of aromatic nitrogens is 4. The first kappa shape index (κ1) is 15.9. The quantitative estimate of drug-likeness (QED) is 0.806. The highest BCUT2D eigenvalue weighted by atomic mass is 35.7. The second kappa shape index (κ2) is 5.73. The van der Waals surface area contributed by atoms with Crippen molar-refractivity contribution in [1.82, 2.24) is 19.7 Å². The molecule has 0 amide bonds. The summed E-state index contributed by atoms with van der Waals surface area (Å²) in [7, 11) is 1.50. The Morgan fingerprint density at radius 3 is 2.43 bits per heavy atom. The fourth-order valence-corrected chi connectivity index (χ4v) is 3.03. The Labute approximate surface area is 128 Å². The molecule has 6 nitrogen and oxygen atoms in total. The van der Waals surface area contributed by atoms with Crippen molar-refractivity contribution in [3.8, 4) is 11.4 Å². The van der Waals surface area contributed by atoms with Gasteiger partial charge in [-0.2, -0.15) is 0 Å². The zero-order valence-corrected chi connectivity index (χ0v) is 13.9. The summed E-state index contributed by atoms with van der Waals surface area (Å²) in [6.45, 7) is 8.16. The summed E-state index contributed by atoms with van der Waals surface area (Å²) in [6.07, 6.45) is 0. The van der Waals surface area contributed by atoms with Gasteiger partial charge in [-0.15, -0.1) is 10.2 Å². The van der Waals surface area contributed by atoms with Gasteiger partial charge in [0, 0.05) is 34.2 Å². The fourth-order valence-electron chi connectivity index (χ4n) is 2.12. The van der Waals surface area contributed by atoms with Crippen molar-refractivity contribution in [3.05, 3.63) is 23.5 Å². The minimum atomic E-state index is -3.95. The van der Waals surface area contributed by atoms with Crippen LogP contribution in [-0.2, 0) is 15.6 Å². The standard InChI is InChI=1S/C13H17ClN4O2S/c1-8(2)7-18-12(16-17-13(18)21(14,19)20)11-6-5-9(3)15-10(11)4/h5-6,8H,7H2,1-4H3. The highest BCUT2D eigenvalue weighted by Crippen LogP contribution is 2.25. The molecule has 0 fully saturated rings. The topological polar surface area (TPSA) is 77.7 Å². The summed E-state index contributed by atoms with van der Waals surface area (Å²) < 4.78 is 24.8. The molecule has 0 atom stereocenters. The lowest BCUT2D eigenvalue weighted by Crippen LogP contribution is -2.12. The van der Waals surface area contributed by atoms with Crippen LogP contribution in [0.1, 0.15) is 25.2 Å². The van der Waals surface area contributed by atoms with E-state index in [1.165, 1.54) is 4.57 Å². The van der Waals surface area contributed by atoms with Crippen molar-refractivity contribution in [1.29, 1.82) is 0 Å². The van der Waals surface area contributed by atoms with Gasteiger partial charge in [0.1, 0.15) is 0 Å². The zero-order chi connectivity index (χ0) is 15.8. The van der Waals surface area contributed by atoms with Crippen molar-refractivity contribution >= 4 is 19.7 Å². The fraction of sp³-hybridized carbons (Fsp3) is 0.462. The molecule has 0 N–H and O–H groups in total. The number of pyridine rings is 1. The predicted molar refractivity (Wildman–Crippen MR) is 80.6 cm³/mol. The molecule has 2 aromatic rings. The van der Waals surface area contributed by atoms with E-state index in [2.05, 4.69) is 15.2 Å². The SMILES string of the molecule is Cc1ccc(-c2nnc(S(=O)(=O)Cl)n2CC(C)C)c(C)n1. The normalized spacial score (nSPS) is 12.1. The third-order valence-corrected chi connectivity index (χ3v) is 4.10. The van der Waals surface area contributed by atoms with Crippen LogP contribution in [0, 0.1) is 19.8 Å². The first-order valence-electron chi connectivity index (χ1n) is 6.52. The summed E-state index contributed by atoms with van der Waals surface area (Å²) in [4.78, 5) is 4.38. The Bertz CT molecular complexity index is 768. The average molecular weight is 329 g/mol. The van der Waals surface area contributed by atoms with Crippen LogP contribution in [-0.4, -0.2) is 28.2 Å². The molecule has 114 valence electrons. The maximum absolute atomic E-state index is 11.6. The number of rotatable bonds is 4. The molecule has 0 aliphatic rings.